The van der Waals surface area contributed by atoms with E-state index in [1.165, 1.54) is 6.92 Å². The Kier molecular flexibility index (Phi) is 18.4. The summed E-state index contributed by atoms with van der Waals surface area (Å²) in [5, 5.41) is 9.19. The summed E-state index contributed by atoms with van der Waals surface area (Å²) in [7, 11) is 0. The number of hydrogen-bond donors (Lipinski definition) is 4. The van der Waals surface area contributed by atoms with Crippen LogP contribution in [0, 0.1) is 6.92 Å². The molecule has 1 heterocycles. The van der Waals surface area contributed by atoms with Crippen LogP contribution in [0.25, 0.3) is 0 Å². The molecule has 0 radical (unpaired) electrons. The number of nitrogens with one attached hydrogen (secondary N) is 3. The van der Waals surface area contributed by atoms with Crippen molar-refractivity contribution in [1.29, 1.82) is 0 Å². The number of ether oxygens (including phenoxy) is 3. The molecule has 9 nitrogen and oxygen atoms in total. The number of nitrogens with two attached hydrogens (primary N) is 1. The van der Waals surface area contributed by atoms with Crippen LogP contribution >= 0.6 is 0 Å². The van der Waals surface area contributed by atoms with Crippen molar-refractivity contribution in [2.24, 2.45) is 5.73 Å². The molecule has 1 aliphatic carbocycles. The molecule has 1 saturated carbocycles. The molecule has 2 aliphatic rings. The minimum absolute atomic E-state index is 0.0760. The summed E-state index contributed by atoms with van der Waals surface area (Å²) < 4.78 is 137. The first-order valence-electron chi connectivity index (χ1n) is 24.0. The lowest BCUT2D eigenvalue weighted by Crippen LogP contribution is -2.61. The number of piperidine rings is 1. The third kappa shape index (κ3) is 15.9. The molecule has 0 aromatic heterocycles. The van der Waals surface area contributed by atoms with Crippen LogP contribution in [0.15, 0.2) is 97.1 Å². The van der Waals surface area contributed by atoms with Crippen molar-refractivity contribution in [1.82, 2.24) is 16.0 Å². The van der Waals surface area contributed by atoms with Crippen molar-refractivity contribution in [3.05, 3.63) is 142 Å². The molecule has 1 aliphatic heterocycles. The average Bonchev–Trinajstić information content (AvgIpc) is 3.30. The van der Waals surface area contributed by atoms with Gasteiger partial charge in [0.05, 0.1) is 47.7 Å². The average molecular weight is 1020 g/mol. The van der Waals surface area contributed by atoms with Crippen LogP contribution < -0.4 is 21.7 Å². The Morgan fingerprint density at radius 1 is 0.667 bits per heavy atom. The summed E-state index contributed by atoms with van der Waals surface area (Å²) in [4.78, 5) is 25.3. The van der Waals surface area contributed by atoms with Crippen LogP contribution in [-0.2, 0) is 48.5 Å². The van der Waals surface area contributed by atoms with Gasteiger partial charge in [0, 0.05) is 24.0 Å². The molecule has 6 rings (SSSR count). The number of hydrogen-bond acceptors (Lipinski definition) is 7. The molecule has 18 heteroatoms. The number of alkyl carbamates (subject to hydrolysis) is 1. The van der Waals surface area contributed by atoms with E-state index in [0.717, 1.165) is 61.1 Å². The summed E-state index contributed by atoms with van der Waals surface area (Å²) in [6.45, 7) is 14.2. The van der Waals surface area contributed by atoms with E-state index >= 15 is 0 Å². The van der Waals surface area contributed by atoms with Gasteiger partial charge in [0.15, 0.2) is 0 Å². The van der Waals surface area contributed by atoms with Crippen molar-refractivity contribution >= 4 is 12.0 Å². The monoisotopic (exact) mass is 1020 g/mol. The van der Waals surface area contributed by atoms with E-state index in [1.54, 1.807) is 54.5 Å². The standard InChI is InChI=1S/C31H42F3N3O4.C23H25F6NO/c1-20-15-22(17-24(16-20)31(32,33)34)21(2)40-19-30(23-11-9-8-10-12-23)14-13-25(18-35-30)36-26(38)29(6,7)37-27(39)41-28(3,4)5;1-15(16-11-18(22(24,25)26)13-19(12-16)23(27,28)29)31-14-21(9-7-20(30)8-10-21)17-5-3-2-4-6-17/h8-12,15-17,21,25,35H,13-14,18-19H2,1-7H3,(H,36,38)(H,37,39);2-6,11-13,15,20H,7-10,14,30H2,1H3/t21-,25+,30-;15-,20?,21?/m11/s1. The first-order chi connectivity index (χ1) is 33.3. The highest BCUT2D eigenvalue weighted by atomic mass is 19.4. The highest BCUT2D eigenvalue weighted by Gasteiger charge is 2.42. The fourth-order valence-electron chi connectivity index (χ4n) is 8.91. The minimum atomic E-state index is -4.89. The van der Waals surface area contributed by atoms with Crippen LogP contribution in [0.5, 0.6) is 0 Å². The van der Waals surface area contributed by atoms with Gasteiger partial charge in [0.2, 0.25) is 5.91 Å². The Balaban J connectivity index is 0.000000278. The first kappa shape index (κ1) is 57.7. The molecule has 4 aromatic rings. The minimum Gasteiger partial charge on any atom is -0.444 e. The van der Waals surface area contributed by atoms with Crippen LogP contribution in [0.2, 0.25) is 0 Å². The summed E-state index contributed by atoms with van der Waals surface area (Å²) in [5.74, 6) is -0.341. The zero-order valence-electron chi connectivity index (χ0n) is 41.9. The molecule has 2 amide bonds. The SMILES string of the molecule is C[C@@H](OCC1(c2ccccc2)CCC(N)CC1)c1cc(C(F)(F)F)cc(C(F)(F)F)c1.Cc1cc([C@@H](C)OC[C@@]2(c3ccccc3)CC[C@H](NC(=O)C(C)(C)NC(=O)OC(C)(C)C)CN2)cc(C(F)(F)F)c1. The lowest BCUT2D eigenvalue weighted by Gasteiger charge is -2.43. The summed E-state index contributed by atoms with van der Waals surface area (Å²) in [6, 6.07) is 24.8. The second kappa shape index (κ2) is 22.9. The number of amides is 2. The third-order valence-corrected chi connectivity index (χ3v) is 13.2. The van der Waals surface area contributed by atoms with E-state index in [2.05, 4.69) is 16.0 Å². The Labute approximate surface area is 416 Å². The maximum absolute atomic E-state index is 13.4. The molecule has 4 atom stereocenters. The van der Waals surface area contributed by atoms with Gasteiger partial charge in [-0.3, -0.25) is 4.79 Å². The Morgan fingerprint density at radius 3 is 1.61 bits per heavy atom. The second-order valence-corrected chi connectivity index (χ2v) is 20.6. The predicted octanol–water partition coefficient (Wildman–Crippen LogP) is 12.8. The smallest absolute Gasteiger partial charge is 0.416 e. The van der Waals surface area contributed by atoms with Gasteiger partial charge >= 0.3 is 24.6 Å². The zero-order chi connectivity index (χ0) is 53.5. The lowest BCUT2D eigenvalue weighted by molar-refractivity contribution is -0.143. The molecule has 0 spiro atoms. The fraction of sp³-hybridized carbons (Fsp3) is 0.519. The zero-order valence-corrected chi connectivity index (χ0v) is 41.9. The van der Waals surface area contributed by atoms with Crippen molar-refractivity contribution in [2.75, 3.05) is 19.8 Å². The summed E-state index contributed by atoms with van der Waals surface area (Å²) >= 11 is 0. The number of rotatable bonds is 13. The normalized spacial score (nSPS) is 21.9. The fourth-order valence-corrected chi connectivity index (χ4v) is 8.91. The number of halogens is 9. The molecule has 0 unspecified atom stereocenters. The topological polar surface area (TPSA) is 124 Å². The second-order valence-electron chi connectivity index (χ2n) is 20.6. The van der Waals surface area contributed by atoms with E-state index < -0.39 is 70.2 Å². The molecular formula is C54H67F9N4O5. The molecule has 1 saturated heterocycles. The maximum Gasteiger partial charge on any atom is 0.416 e. The van der Waals surface area contributed by atoms with E-state index in [0.29, 0.717) is 30.5 Å². The van der Waals surface area contributed by atoms with Gasteiger partial charge in [-0.25, -0.2) is 4.79 Å². The Bertz CT molecular complexity index is 2370. The van der Waals surface area contributed by atoms with Crippen LogP contribution in [0.1, 0.15) is 144 Å². The first-order valence-corrected chi connectivity index (χ1v) is 24.0. The van der Waals surface area contributed by atoms with E-state index in [4.69, 9.17) is 19.9 Å². The quantitative estimate of drug-likeness (QED) is 0.0984. The van der Waals surface area contributed by atoms with E-state index in [-0.39, 0.29) is 48.2 Å². The number of carbonyl (C=O) groups is 2. The molecule has 5 N–H and O–H groups in total. The Hall–Kier alpha value is -5.17. The van der Waals surface area contributed by atoms with Crippen molar-refractivity contribution < 1.29 is 63.3 Å². The van der Waals surface area contributed by atoms with Crippen molar-refractivity contribution in [3.8, 4) is 0 Å². The van der Waals surface area contributed by atoms with Crippen LogP contribution in [0.4, 0.5) is 44.3 Å². The molecule has 396 valence electrons. The summed E-state index contributed by atoms with van der Waals surface area (Å²) in [6.07, 6.45) is -12.2. The summed E-state index contributed by atoms with van der Waals surface area (Å²) in [5.41, 5.74) is 2.65. The van der Waals surface area contributed by atoms with Crippen LogP contribution in [-0.4, -0.2) is 55.0 Å². The highest BCUT2D eigenvalue weighted by molar-refractivity contribution is 5.89. The predicted molar refractivity (Wildman–Crippen MR) is 257 cm³/mol. The van der Waals surface area contributed by atoms with Gasteiger partial charge in [0.25, 0.3) is 0 Å². The van der Waals surface area contributed by atoms with Gasteiger partial charge in [-0.05, 0) is 147 Å². The molecule has 2 fully saturated rings. The third-order valence-electron chi connectivity index (χ3n) is 13.2. The van der Waals surface area contributed by atoms with Crippen LogP contribution in [0.3, 0.4) is 0 Å². The Morgan fingerprint density at radius 2 is 1.14 bits per heavy atom. The number of carbonyl (C=O) groups excluding carboxylic acids is 2. The van der Waals surface area contributed by atoms with Gasteiger partial charge in [-0.2, -0.15) is 39.5 Å². The van der Waals surface area contributed by atoms with Gasteiger partial charge in [-0.1, -0.05) is 72.3 Å². The lowest BCUT2D eigenvalue weighted by atomic mass is 9.69. The number of aryl methyl sites for hydroxylation is 1. The van der Waals surface area contributed by atoms with E-state index in [1.807, 2.05) is 60.7 Å². The molecule has 4 aromatic carbocycles. The van der Waals surface area contributed by atoms with Crippen molar-refractivity contribution in [2.45, 2.75) is 159 Å². The number of alkyl halides is 9. The van der Waals surface area contributed by atoms with Gasteiger partial charge in [0.1, 0.15) is 11.1 Å². The highest BCUT2D eigenvalue weighted by Crippen LogP contribution is 2.42. The largest absolute Gasteiger partial charge is 0.444 e. The molecular weight excluding hydrogens is 956 g/mol. The van der Waals surface area contributed by atoms with Gasteiger partial charge < -0.3 is 35.9 Å². The van der Waals surface area contributed by atoms with E-state index in [9.17, 15) is 49.1 Å². The van der Waals surface area contributed by atoms with Crippen molar-refractivity contribution in [3.63, 3.8) is 0 Å². The van der Waals surface area contributed by atoms with Gasteiger partial charge in [-0.15, -0.1) is 0 Å². The number of benzene rings is 4. The maximum atomic E-state index is 13.4. The molecule has 72 heavy (non-hydrogen) atoms. The molecule has 0 bridgehead atoms.